The lowest BCUT2D eigenvalue weighted by atomic mass is 9.63. The van der Waals surface area contributed by atoms with Crippen LogP contribution in [0.15, 0.2) is 273 Å². The summed E-state index contributed by atoms with van der Waals surface area (Å²) in [5, 5.41) is 7.51. The van der Waals surface area contributed by atoms with E-state index in [4.69, 9.17) is 0 Å². The third-order valence-corrected chi connectivity index (χ3v) is 14.8. The lowest BCUT2D eigenvalue weighted by Gasteiger charge is -2.39. The Labute approximate surface area is 398 Å². The molecule has 0 N–H and O–H groups in total. The maximum absolute atomic E-state index is 2.52. The maximum atomic E-state index is 2.52. The molecule has 0 radical (unpaired) electrons. The molecule has 2 atom stereocenters. The van der Waals surface area contributed by atoms with Gasteiger partial charge in [0.2, 0.25) is 0 Å². The van der Waals surface area contributed by atoms with E-state index in [0.717, 1.165) is 17.1 Å². The van der Waals surface area contributed by atoms with Crippen LogP contribution in [-0.2, 0) is 5.41 Å². The monoisotopic (exact) mass is 865 g/mol. The SMILES string of the molecule is C1=CC2c3ccc(N(c4ccc(-c5cc6ccccc6c6ccccc56)cc4)c4ccccc4-c4ccc5ccccc5c4-c4ccccc4)cc3C(c3ccccc3)(c3ccccc3)C2C=C1. The second-order valence-corrected chi connectivity index (χ2v) is 18.3. The number of hydrogen-bond acceptors (Lipinski definition) is 1. The van der Waals surface area contributed by atoms with Gasteiger partial charge in [0, 0.05) is 28.8 Å². The molecule has 2 unspecified atom stereocenters. The fraction of sp³-hybridized carbons (Fsp3) is 0.0448. The van der Waals surface area contributed by atoms with E-state index in [0.29, 0.717) is 0 Å². The third kappa shape index (κ3) is 6.31. The van der Waals surface area contributed by atoms with Gasteiger partial charge in [0.05, 0.1) is 11.1 Å². The number of para-hydroxylation sites is 1. The molecule has 0 heterocycles. The molecule has 11 aromatic carbocycles. The standard InChI is InChI=1S/C67H47N/c1-4-21-48(22-5-1)66-55-29-13-10-20-46(55)38-42-61(66)60-33-17-19-35-65(60)68(52-39-36-47(37-40-52)62-44-49-23-11-12-28-54(49)56-30-14-15-31-57(56)62)53-41-43-59-58-32-16-18-34-63(58)67(64(59)45-53,50-24-6-2-7-25-50)51-26-8-3-9-27-51/h1-45,58,63H. The normalized spacial score (nSPS) is 15.6. The number of benzene rings is 11. The lowest BCUT2D eigenvalue weighted by Crippen LogP contribution is -2.35. The Morgan fingerprint density at radius 2 is 0.941 bits per heavy atom. The first-order valence-electron chi connectivity index (χ1n) is 23.8. The summed E-state index contributed by atoms with van der Waals surface area (Å²) in [6.07, 6.45) is 9.37. The smallest absolute Gasteiger partial charge is 0.0540 e. The van der Waals surface area contributed by atoms with Crippen molar-refractivity contribution in [2.24, 2.45) is 5.92 Å². The van der Waals surface area contributed by atoms with Crippen molar-refractivity contribution in [1.82, 2.24) is 0 Å². The largest absolute Gasteiger partial charge is 0.310 e. The Kier molecular flexibility index (Phi) is 9.61. The van der Waals surface area contributed by atoms with E-state index in [9.17, 15) is 0 Å². The lowest BCUT2D eigenvalue weighted by molar-refractivity contribution is 0.457. The van der Waals surface area contributed by atoms with Crippen LogP contribution in [0.25, 0.3) is 65.7 Å². The van der Waals surface area contributed by atoms with Gasteiger partial charge in [-0.1, -0.05) is 237 Å². The van der Waals surface area contributed by atoms with E-state index < -0.39 is 5.41 Å². The van der Waals surface area contributed by atoms with Crippen LogP contribution in [0, 0.1) is 5.92 Å². The fourth-order valence-electron chi connectivity index (χ4n) is 11.9. The zero-order valence-corrected chi connectivity index (χ0v) is 37.6. The highest BCUT2D eigenvalue weighted by Crippen LogP contribution is 2.60. The van der Waals surface area contributed by atoms with Crippen molar-refractivity contribution >= 4 is 49.4 Å². The van der Waals surface area contributed by atoms with Gasteiger partial charge < -0.3 is 4.90 Å². The van der Waals surface area contributed by atoms with Crippen molar-refractivity contribution in [3.63, 3.8) is 0 Å². The molecule has 68 heavy (non-hydrogen) atoms. The van der Waals surface area contributed by atoms with Gasteiger partial charge in [-0.2, -0.15) is 0 Å². The Balaban J connectivity index is 1.06. The Hall–Kier alpha value is -8.52. The molecule has 0 fully saturated rings. The van der Waals surface area contributed by atoms with E-state index in [-0.39, 0.29) is 11.8 Å². The van der Waals surface area contributed by atoms with Crippen LogP contribution in [0.4, 0.5) is 17.1 Å². The second-order valence-electron chi connectivity index (χ2n) is 18.3. The van der Waals surface area contributed by atoms with Crippen LogP contribution in [0.1, 0.15) is 28.2 Å². The van der Waals surface area contributed by atoms with Gasteiger partial charge in [-0.25, -0.2) is 0 Å². The summed E-state index contributed by atoms with van der Waals surface area (Å²) in [6, 6.07) is 92.3. The maximum Gasteiger partial charge on any atom is 0.0540 e. The number of nitrogens with zero attached hydrogens (tertiary/aromatic N) is 1. The average Bonchev–Trinajstić information content (AvgIpc) is 3.72. The van der Waals surface area contributed by atoms with Crippen LogP contribution in [0.2, 0.25) is 0 Å². The number of allylic oxidation sites excluding steroid dienone is 4. The summed E-state index contributed by atoms with van der Waals surface area (Å²) in [7, 11) is 0. The minimum atomic E-state index is -0.426. The third-order valence-electron chi connectivity index (χ3n) is 14.8. The minimum absolute atomic E-state index is 0.199. The quantitative estimate of drug-likeness (QED) is 0.138. The first-order valence-corrected chi connectivity index (χ1v) is 23.8. The van der Waals surface area contributed by atoms with E-state index in [2.05, 4.69) is 278 Å². The van der Waals surface area contributed by atoms with E-state index in [1.165, 1.54) is 88.0 Å². The first-order chi connectivity index (χ1) is 33.8. The van der Waals surface area contributed by atoms with E-state index in [1.807, 2.05) is 0 Å². The van der Waals surface area contributed by atoms with Crippen molar-refractivity contribution < 1.29 is 0 Å². The van der Waals surface area contributed by atoms with E-state index in [1.54, 1.807) is 0 Å². The molecule has 320 valence electrons. The molecule has 1 nitrogen and oxygen atoms in total. The van der Waals surface area contributed by atoms with Crippen LogP contribution in [0.3, 0.4) is 0 Å². The Morgan fingerprint density at radius 1 is 0.353 bits per heavy atom. The predicted molar refractivity (Wildman–Crippen MR) is 287 cm³/mol. The van der Waals surface area contributed by atoms with Gasteiger partial charge in [0.15, 0.2) is 0 Å². The average molecular weight is 866 g/mol. The van der Waals surface area contributed by atoms with Crippen molar-refractivity contribution in [2.75, 3.05) is 4.90 Å². The Morgan fingerprint density at radius 3 is 1.69 bits per heavy atom. The van der Waals surface area contributed by atoms with Crippen molar-refractivity contribution in [3.8, 4) is 33.4 Å². The molecule has 11 aromatic rings. The molecular weight excluding hydrogens is 819 g/mol. The fourth-order valence-corrected chi connectivity index (χ4v) is 11.9. The number of anilines is 3. The molecular formula is C67H47N. The van der Waals surface area contributed by atoms with Crippen LogP contribution < -0.4 is 4.90 Å². The summed E-state index contributed by atoms with van der Waals surface area (Å²) in [6.45, 7) is 0. The minimum Gasteiger partial charge on any atom is -0.310 e. The number of fused-ring (bicyclic) bond motifs is 7. The highest BCUT2D eigenvalue weighted by Gasteiger charge is 2.53. The zero-order chi connectivity index (χ0) is 45.0. The summed E-state index contributed by atoms with van der Waals surface area (Å²) in [4.78, 5) is 2.51. The molecule has 0 aliphatic heterocycles. The van der Waals surface area contributed by atoms with E-state index >= 15 is 0 Å². The van der Waals surface area contributed by atoms with Gasteiger partial charge in [-0.15, -0.1) is 0 Å². The van der Waals surface area contributed by atoms with Gasteiger partial charge in [0.25, 0.3) is 0 Å². The van der Waals surface area contributed by atoms with Crippen LogP contribution in [-0.4, -0.2) is 0 Å². The molecule has 0 bridgehead atoms. The molecule has 0 amide bonds. The topological polar surface area (TPSA) is 3.24 Å². The van der Waals surface area contributed by atoms with Gasteiger partial charge >= 0.3 is 0 Å². The van der Waals surface area contributed by atoms with Gasteiger partial charge in [-0.05, 0) is 119 Å². The summed E-state index contributed by atoms with van der Waals surface area (Å²) >= 11 is 0. The summed E-state index contributed by atoms with van der Waals surface area (Å²) in [5.41, 5.74) is 15.4. The summed E-state index contributed by atoms with van der Waals surface area (Å²) < 4.78 is 0. The molecule has 0 spiro atoms. The molecule has 1 heteroatoms. The second kappa shape index (κ2) is 16.4. The zero-order valence-electron chi connectivity index (χ0n) is 37.6. The molecule has 13 rings (SSSR count). The number of hydrogen-bond donors (Lipinski definition) is 0. The molecule has 2 aliphatic rings. The first kappa shape index (κ1) is 39.8. The van der Waals surface area contributed by atoms with Gasteiger partial charge in [-0.3, -0.25) is 0 Å². The highest BCUT2D eigenvalue weighted by molar-refractivity contribution is 6.14. The Bertz CT molecular complexity index is 3690. The van der Waals surface area contributed by atoms with Gasteiger partial charge in [0.1, 0.15) is 0 Å². The van der Waals surface area contributed by atoms with Crippen LogP contribution in [0.5, 0.6) is 0 Å². The van der Waals surface area contributed by atoms with Crippen molar-refractivity contribution in [2.45, 2.75) is 11.3 Å². The molecule has 0 saturated carbocycles. The molecule has 2 aliphatic carbocycles. The summed E-state index contributed by atoms with van der Waals surface area (Å²) in [5.74, 6) is 0.428. The number of rotatable bonds is 8. The highest BCUT2D eigenvalue weighted by atomic mass is 15.1. The molecule has 0 saturated heterocycles. The van der Waals surface area contributed by atoms with Crippen molar-refractivity contribution in [3.05, 3.63) is 295 Å². The van der Waals surface area contributed by atoms with Crippen molar-refractivity contribution in [1.29, 1.82) is 0 Å². The predicted octanol–water partition coefficient (Wildman–Crippen LogP) is 17.8. The molecule has 0 aromatic heterocycles. The van der Waals surface area contributed by atoms with Crippen LogP contribution >= 0.6 is 0 Å².